The molecule has 2 atom stereocenters. The van der Waals surface area contributed by atoms with Crippen molar-refractivity contribution in [3.63, 3.8) is 0 Å². The molecule has 6 heteroatoms. The van der Waals surface area contributed by atoms with Gasteiger partial charge in [0.25, 0.3) is 0 Å². The largest absolute Gasteiger partial charge is 0.406 e. The third kappa shape index (κ3) is 2.72. The molecule has 23 heavy (non-hydrogen) atoms. The molecule has 0 saturated heterocycles. The summed E-state index contributed by atoms with van der Waals surface area (Å²) in [6.07, 6.45) is -1.66. The number of amides is 1. The molecule has 1 aliphatic heterocycles. The van der Waals surface area contributed by atoms with E-state index in [0.29, 0.717) is 29.1 Å². The maximum absolute atomic E-state index is 12.9. The molecule has 1 aromatic rings. The zero-order chi connectivity index (χ0) is 17.2. The Labute approximate surface area is 133 Å². The fourth-order valence-corrected chi connectivity index (χ4v) is 3.58. The van der Waals surface area contributed by atoms with E-state index in [1.807, 2.05) is 0 Å². The average Bonchev–Trinajstić information content (AvgIpc) is 3.19. The number of carbonyl (C=O) groups excluding carboxylic acids is 1. The van der Waals surface area contributed by atoms with Crippen molar-refractivity contribution in [3.05, 3.63) is 23.5 Å². The van der Waals surface area contributed by atoms with Crippen LogP contribution in [0.4, 0.5) is 18.9 Å². The van der Waals surface area contributed by atoms with Crippen molar-refractivity contribution in [1.29, 1.82) is 0 Å². The highest BCUT2D eigenvalue weighted by Crippen LogP contribution is 2.53. The van der Waals surface area contributed by atoms with Crippen LogP contribution in [0.1, 0.15) is 51.3 Å². The third-order valence-electron chi connectivity index (χ3n) is 5.01. The fraction of sp³-hybridized carbons (Fsp3) is 0.647. The van der Waals surface area contributed by atoms with E-state index in [1.54, 1.807) is 26.1 Å². The van der Waals surface area contributed by atoms with Gasteiger partial charge in [-0.15, -0.1) is 0 Å². The van der Waals surface area contributed by atoms with E-state index in [-0.39, 0.29) is 0 Å². The number of hydrogen-bond acceptors (Lipinski definition) is 2. The Morgan fingerprint density at radius 2 is 2.04 bits per heavy atom. The number of halogens is 3. The van der Waals surface area contributed by atoms with Crippen molar-refractivity contribution >= 4 is 11.6 Å². The summed E-state index contributed by atoms with van der Waals surface area (Å²) < 4.78 is 38.6. The highest BCUT2D eigenvalue weighted by molar-refractivity contribution is 6.07. The van der Waals surface area contributed by atoms with Crippen LogP contribution in [0, 0.1) is 11.8 Å². The molecule has 2 heterocycles. The standard InChI is InChI=1S/C17H21F3N2O/c1-9(2)11-6-12(11)10-5-13-14(21-7-10)16(3,4)15(23)22(13)8-17(18,19)20/h5,7,9,11-12H,6,8H2,1-4H3/t11?,12-/m1/s1. The Bertz CT molecular complexity index is 652. The van der Waals surface area contributed by atoms with Gasteiger partial charge in [-0.3, -0.25) is 9.78 Å². The molecule has 3 nitrogen and oxygen atoms in total. The van der Waals surface area contributed by atoms with Crippen molar-refractivity contribution in [2.75, 3.05) is 11.4 Å². The normalized spacial score (nSPS) is 25.9. The lowest BCUT2D eigenvalue weighted by atomic mass is 9.90. The second-order valence-corrected chi connectivity index (χ2v) is 7.52. The Morgan fingerprint density at radius 1 is 1.39 bits per heavy atom. The maximum Gasteiger partial charge on any atom is 0.406 e. The van der Waals surface area contributed by atoms with Crippen LogP contribution in [0.2, 0.25) is 0 Å². The van der Waals surface area contributed by atoms with E-state index in [2.05, 4.69) is 18.8 Å². The zero-order valence-electron chi connectivity index (χ0n) is 13.7. The monoisotopic (exact) mass is 326 g/mol. The minimum absolute atomic E-state index is 0.323. The summed E-state index contributed by atoms with van der Waals surface area (Å²) >= 11 is 0. The molecule has 1 unspecified atom stereocenters. The molecule has 2 aliphatic rings. The number of alkyl halides is 3. The molecular weight excluding hydrogens is 305 g/mol. The van der Waals surface area contributed by atoms with E-state index < -0.39 is 24.0 Å². The van der Waals surface area contributed by atoms with Gasteiger partial charge in [-0.05, 0) is 49.7 Å². The highest BCUT2D eigenvalue weighted by atomic mass is 19.4. The van der Waals surface area contributed by atoms with Gasteiger partial charge in [0.05, 0.1) is 16.8 Å². The minimum atomic E-state index is -4.43. The third-order valence-corrected chi connectivity index (χ3v) is 5.01. The molecule has 0 aromatic carbocycles. The van der Waals surface area contributed by atoms with Crippen molar-refractivity contribution in [2.45, 2.75) is 51.6 Å². The molecular formula is C17H21F3N2O. The lowest BCUT2D eigenvalue weighted by molar-refractivity contribution is -0.134. The summed E-state index contributed by atoms with van der Waals surface area (Å²) in [5.41, 5.74) is 0.696. The van der Waals surface area contributed by atoms with Gasteiger partial charge in [0, 0.05) is 6.20 Å². The molecule has 1 saturated carbocycles. The summed E-state index contributed by atoms with van der Waals surface area (Å²) in [5, 5.41) is 0. The van der Waals surface area contributed by atoms with Gasteiger partial charge in [0.1, 0.15) is 6.54 Å². The first-order valence-corrected chi connectivity index (χ1v) is 7.91. The van der Waals surface area contributed by atoms with E-state index >= 15 is 0 Å². The molecule has 0 N–H and O–H groups in total. The van der Waals surface area contributed by atoms with Crippen molar-refractivity contribution in [2.24, 2.45) is 11.8 Å². The van der Waals surface area contributed by atoms with Crippen molar-refractivity contribution < 1.29 is 18.0 Å². The predicted octanol–water partition coefficient (Wildman–Crippen LogP) is 4.03. The lowest BCUT2D eigenvalue weighted by Crippen LogP contribution is -2.41. The smallest absolute Gasteiger partial charge is 0.301 e. The number of aromatic nitrogens is 1. The molecule has 126 valence electrons. The van der Waals surface area contributed by atoms with Crippen LogP contribution in [0.25, 0.3) is 0 Å². The van der Waals surface area contributed by atoms with Crippen LogP contribution in [0.15, 0.2) is 12.3 Å². The molecule has 1 aromatic heterocycles. The van der Waals surface area contributed by atoms with Gasteiger partial charge in [0.2, 0.25) is 5.91 Å². The summed E-state index contributed by atoms with van der Waals surface area (Å²) in [7, 11) is 0. The van der Waals surface area contributed by atoms with Crippen LogP contribution in [0.5, 0.6) is 0 Å². The molecule has 0 bridgehead atoms. The summed E-state index contributed by atoms with van der Waals surface area (Å²) in [6.45, 7) is 6.30. The van der Waals surface area contributed by atoms with Gasteiger partial charge in [-0.2, -0.15) is 13.2 Å². The van der Waals surface area contributed by atoms with Crippen molar-refractivity contribution in [3.8, 4) is 0 Å². The van der Waals surface area contributed by atoms with Gasteiger partial charge < -0.3 is 4.90 Å². The van der Waals surface area contributed by atoms with Crippen LogP contribution >= 0.6 is 0 Å². The predicted molar refractivity (Wildman–Crippen MR) is 81.4 cm³/mol. The minimum Gasteiger partial charge on any atom is -0.301 e. The molecule has 0 radical (unpaired) electrons. The lowest BCUT2D eigenvalue weighted by Gasteiger charge is -2.21. The number of rotatable bonds is 3. The molecule has 3 rings (SSSR count). The van der Waals surface area contributed by atoms with Gasteiger partial charge in [-0.25, -0.2) is 0 Å². The van der Waals surface area contributed by atoms with Gasteiger partial charge >= 0.3 is 6.18 Å². The number of anilines is 1. The summed E-state index contributed by atoms with van der Waals surface area (Å²) in [6, 6.07) is 1.74. The van der Waals surface area contributed by atoms with E-state index in [0.717, 1.165) is 16.9 Å². The summed E-state index contributed by atoms with van der Waals surface area (Å²) in [4.78, 5) is 17.6. The Morgan fingerprint density at radius 3 is 2.57 bits per heavy atom. The van der Waals surface area contributed by atoms with Crippen molar-refractivity contribution in [1.82, 2.24) is 4.98 Å². The fourth-order valence-electron chi connectivity index (χ4n) is 3.58. The molecule has 1 aliphatic carbocycles. The van der Waals surface area contributed by atoms with E-state index in [4.69, 9.17) is 0 Å². The Hall–Kier alpha value is -1.59. The SMILES string of the molecule is CC(C)C1C[C@@H]1c1cnc2c(c1)N(CC(F)(F)F)C(=O)C2(C)C. The first-order chi connectivity index (χ1) is 10.5. The highest BCUT2D eigenvalue weighted by Gasteiger charge is 2.49. The Kier molecular flexibility index (Phi) is 3.50. The molecule has 0 spiro atoms. The number of hydrogen-bond donors (Lipinski definition) is 0. The quantitative estimate of drug-likeness (QED) is 0.840. The van der Waals surface area contributed by atoms with E-state index in [1.165, 1.54) is 0 Å². The van der Waals surface area contributed by atoms with Crippen LogP contribution in [-0.2, 0) is 10.2 Å². The first-order valence-electron chi connectivity index (χ1n) is 7.91. The average molecular weight is 326 g/mol. The molecule has 1 amide bonds. The number of nitrogens with zero attached hydrogens (tertiary/aromatic N) is 2. The number of pyridine rings is 1. The van der Waals surface area contributed by atoms with Gasteiger partial charge in [0.15, 0.2) is 0 Å². The van der Waals surface area contributed by atoms with E-state index in [9.17, 15) is 18.0 Å². The molecule has 1 fully saturated rings. The second kappa shape index (κ2) is 4.95. The number of carbonyl (C=O) groups is 1. The maximum atomic E-state index is 12.9. The Balaban J connectivity index is 1.98. The van der Waals surface area contributed by atoms with Crippen LogP contribution < -0.4 is 4.90 Å². The second-order valence-electron chi connectivity index (χ2n) is 7.52. The zero-order valence-corrected chi connectivity index (χ0v) is 13.7. The number of fused-ring (bicyclic) bond motifs is 1. The first kappa shape index (κ1) is 16.3. The topological polar surface area (TPSA) is 33.2 Å². The van der Waals surface area contributed by atoms with Gasteiger partial charge in [-0.1, -0.05) is 13.8 Å². The van der Waals surface area contributed by atoms with Crippen LogP contribution in [0.3, 0.4) is 0 Å². The van der Waals surface area contributed by atoms with Crippen LogP contribution in [-0.4, -0.2) is 23.6 Å². The summed E-state index contributed by atoms with van der Waals surface area (Å²) in [5.74, 6) is 0.902.